The molecule has 0 saturated heterocycles. The molecule has 0 spiro atoms. The van der Waals surface area contributed by atoms with Gasteiger partial charge in [0.15, 0.2) is 0 Å². The van der Waals surface area contributed by atoms with E-state index in [1.807, 2.05) is 6.92 Å². The van der Waals surface area contributed by atoms with Crippen molar-refractivity contribution in [2.75, 3.05) is 6.61 Å². The topological polar surface area (TPSA) is 87.6 Å². The summed E-state index contributed by atoms with van der Waals surface area (Å²) in [6.07, 6.45) is 5.06. The van der Waals surface area contributed by atoms with Crippen LogP contribution in [0.2, 0.25) is 0 Å². The Morgan fingerprint density at radius 3 is 2.67 bits per heavy atom. The molecule has 0 heterocycles. The van der Waals surface area contributed by atoms with Crippen LogP contribution in [-0.2, 0) is 0 Å². The van der Waals surface area contributed by atoms with Gasteiger partial charge in [-0.05, 0) is 26.2 Å². The van der Waals surface area contributed by atoms with Gasteiger partial charge in [0.25, 0.3) is 5.69 Å². The Labute approximate surface area is 124 Å². The molecule has 2 N–H and O–H groups in total. The van der Waals surface area contributed by atoms with Crippen molar-refractivity contribution in [3.63, 3.8) is 0 Å². The fourth-order valence-electron chi connectivity index (χ4n) is 2.60. The molecule has 0 radical (unpaired) electrons. The molecule has 6 nitrogen and oxygen atoms in total. The lowest BCUT2D eigenvalue weighted by Crippen LogP contribution is -2.37. The highest BCUT2D eigenvalue weighted by Crippen LogP contribution is 2.30. The van der Waals surface area contributed by atoms with Crippen LogP contribution in [0.15, 0.2) is 18.2 Å². The monoisotopic (exact) mass is 294 g/mol. The largest absolute Gasteiger partial charge is 0.493 e. The molecular weight excluding hydrogens is 272 g/mol. The maximum Gasteiger partial charge on any atom is 0.276 e. The second-order valence-corrected chi connectivity index (χ2v) is 5.31. The second kappa shape index (κ2) is 7.26. The molecular formula is C15H22N2O4. The zero-order valence-electron chi connectivity index (χ0n) is 12.3. The van der Waals surface area contributed by atoms with Crippen LogP contribution in [0, 0.1) is 10.1 Å². The van der Waals surface area contributed by atoms with E-state index in [1.165, 1.54) is 12.1 Å². The van der Waals surface area contributed by atoms with E-state index in [0.29, 0.717) is 18.1 Å². The molecule has 1 fully saturated rings. The highest BCUT2D eigenvalue weighted by molar-refractivity contribution is 5.46. The molecule has 1 aliphatic carbocycles. The number of hydrogen-bond acceptors (Lipinski definition) is 5. The third-order valence-electron chi connectivity index (χ3n) is 3.68. The Kier molecular flexibility index (Phi) is 5.38. The lowest BCUT2D eigenvalue weighted by Gasteiger charge is -2.23. The van der Waals surface area contributed by atoms with E-state index in [1.54, 1.807) is 6.07 Å². The van der Waals surface area contributed by atoms with Crippen molar-refractivity contribution in [3.8, 4) is 11.5 Å². The van der Waals surface area contributed by atoms with Crippen LogP contribution in [0.5, 0.6) is 11.5 Å². The van der Waals surface area contributed by atoms with Gasteiger partial charge >= 0.3 is 0 Å². The van der Waals surface area contributed by atoms with Gasteiger partial charge in [0.05, 0.1) is 23.7 Å². The van der Waals surface area contributed by atoms with E-state index < -0.39 is 4.92 Å². The zero-order chi connectivity index (χ0) is 15.2. The zero-order valence-corrected chi connectivity index (χ0v) is 12.3. The van der Waals surface area contributed by atoms with Crippen LogP contribution in [0.25, 0.3) is 0 Å². The van der Waals surface area contributed by atoms with Crippen LogP contribution in [0.1, 0.15) is 39.0 Å². The molecule has 1 aromatic rings. The highest BCUT2D eigenvalue weighted by Gasteiger charge is 2.23. The third-order valence-corrected chi connectivity index (χ3v) is 3.68. The maximum atomic E-state index is 11.0. The predicted molar refractivity (Wildman–Crippen MR) is 79.7 cm³/mol. The number of nitrogens with two attached hydrogens (primary N) is 1. The number of rotatable bonds is 5. The number of ether oxygens (including phenoxy) is 2. The molecule has 116 valence electrons. The van der Waals surface area contributed by atoms with Gasteiger partial charge in [-0.25, -0.2) is 0 Å². The fourth-order valence-corrected chi connectivity index (χ4v) is 2.60. The van der Waals surface area contributed by atoms with E-state index in [0.717, 1.165) is 32.1 Å². The summed E-state index contributed by atoms with van der Waals surface area (Å²) in [5, 5.41) is 11.0. The van der Waals surface area contributed by atoms with Gasteiger partial charge in [-0.1, -0.05) is 12.8 Å². The summed E-state index contributed by atoms with van der Waals surface area (Å²) >= 11 is 0. The van der Waals surface area contributed by atoms with Crippen molar-refractivity contribution >= 4 is 5.69 Å². The lowest BCUT2D eigenvalue weighted by atomic mass is 10.1. The van der Waals surface area contributed by atoms with Crippen LogP contribution in [-0.4, -0.2) is 23.7 Å². The predicted octanol–water partition coefficient (Wildman–Crippen LogP) is 3.03. The number of benzene rings is 1. The molecule has 2 rings (SSSR count). The summed E-state index contributed by atoms with van der Waals surface area (Å²) in [6.45, 7) is 2.28. The SMILES string of the molecule is CCOc1cc(OC2CCCCCC2N)cc([N+](=O)[O-])c1. The molecule has 2 unspecified atom stereocenters. The number of nitrogens with zero attached hydrogens (tertiary/aromatic N) is 1. The summed E-state index contributed by atoms with van der Waals surface area (Å²) in [5.74, 6) is 0.902. The molecule has 0 amide bonds. The first kappa shape index (κ1) is 15.6. The van der Waals surface area contributed by atoms with E-state index >= 15 is 0 Å². The Morgan fingerprint density at radius 2 is 1.95 bits per heavy atom. The average molecular weight is 294 g/mol. The molecule has 6 heteroatoms. The van der Waals surface area contributed by atoms with Crippen molar-refractivity contribution < 1.29 is 14.4 Å². The van der Waals surface area contributed by atoms with Crippen LogP contribution >= 0.6 is 0 Å². The maximum absolute atomic E-state index is 11.0. The molecule has 0 bridgehead atoms. The highest BCUT2D eigenvalue weighted by atomic mass is 16.6. The summed E-state index contributed by atoms with van der Waals surface area (Å²) in [7, 11) is 0. The molecule has 1 aromatic carbocycles. The minimum atomic E-state index is -0.442. The Bertz CT molecular complexity index is 493. The first-order chi connectivity index (χ1) is 10.1. The van der Waals surface area contributed by atoms with Crippen molar-refractivity contribution in [2.24, 2.45) is 5.73 Å². The van der Waals surface area contributed by atoms with Crippen molar-refractivity contribution in [1.82, 2.24) is 0 Å². The van der Waals surface area contributed by atoms with E-state index in [-0.39, 0.29) is 17.8 Å². The van der Waals surface area contributed by atoms with Crippen molar-refractivity contribution in [3.05, 3.63) is 28.3 Å². The quantitative estimate of drug-likeness (QED) is 0.512. The van der Waals surface area contributed by atoms with E-state index in [9.17, 15) is 10.1 Å². The summed E-state index contributed by atoms with van der Waals surface area (Å²) in [5.41, 5.74) is 6.10. The number of hydrogen-bond donors (Lipinski definition) is 1. The number of nitro groups is 1. The minimum absolute atomic E-state index is 0.0256. The van der Waals surface area contributed by atoms with Gasteiger partial charge < -0.3 is 15.2 Å². The normalized spacial score (nSPS) is 22.4. The molecule has 0 aromatic heterocycles. The summed E-state index contributed by atoms with van der Waals surface area (Å²) in [6, 6.07) is 4.50. The van der Waals surface area contributed by atoms with Gasteiger partial charge in [-0.15, -0.1) is 0 Å². The van der Waals surface area contributed by atoms with Gasteiger partial charge in [-0.3, -0.25) is 10.1 Å². The standard InChI is InChI=1S/C15H22N2O4/c1-2-20-12-8-11(17(18)19)9-13(10-12)21-15-7-5-3-4-6-14(15)16/h8-10,14-15H,2-7,16H2,1H3. The number of non-ortho nitro benzene ring substituents is 1. The smallest absolute Gasteiger partial charge is 0.276 e. The fraction of sp³-hybridized carbons (Fsp3) is 0.600. The van der Waals surface area contributed by atoms with Gasteiger partial charge in [-0.2, -0.15) is 0 Å². The molecule has 21 heavy (non-hydrogen) atoms. The Balaban J connectivity index is 2.19. The number of nitro benzene ring substituents is 1. The van der Waals surface area contributed by atoms with E-state index in [2.05, 4.69) is 0 Å². The van der Waals surface area contributed by atoms with Gasteiger partial charge in [0, 0.05) is 12.1 Å². The van der Waals surface area contributed by atoms with Gasteiger partial charge in [0.2, 0.25) is 0 Å². The molecule has 0 aliphatic heterocycles. The second-order valence-electron chi connectivity index (χ2n) is 5.31. The third kappa shape index (κ3) is 4.32. The first-order valence-electron chi connectivity index (χ1n) is 7.44. The summed E-state index contributed by atoms with van der Waals surface area (Å²) < 4.78 is 11.3. The molecule has 2 atom stereocenters. The first-order valence-corrected chi connectivity index (χ1v) is 7.44. The minimum Gasteiger partial charge on any atom is -0.493 e. The van der Waals surface area contributed by atoms with Crippen LogP contribution < -0.4 is 15.2 Å². The van der Waals surface area contributed by atoms with Crippen LogP contribution in [0.4, 0.5) is 5.69 Å². The Morgan fingerprint density at radius 1 is 1.24 bits per heavy atom. The molecule has 1 saturated carbocycles. The van der Waals surface area contributed by atoms with Crippen LogP contribution in [0.3, 0.4) is 0 Å². The lowest BCUT2D eigenvalue weighted by molar-refractivity contribution is -0.385. The van der Waals surface area contributed by atoms with Crippen molar-refractivity contribution in [1.29, 1.82) is 0 Å². The average Bonchev–Trinajstić information content (AvgIpc) is 2.64. The Hall–Kier alpha value is -1.82. The molecule has 1 aliphatic rings. The summed E-state index contributed by atoms with van der Waals surface area (Å²) in [4.78, 5) is 10.5. The van der Waals surface area contributed by atoms with Crippen molar-refractivity contribution in [2.45, 2.75) is 51.2 Å². The van der Waals surface area contributed by atoms with Gasteiger partial charge in [0.1, 0.15) is 17.6 Å². The van der Waals surface area contributed by atoms with E-state index in [4.69, 9.17) is 15.2 Å².